The lowest BCUT2D eigenvalue weighted by molar-refractivity contribution is 0.268. The van der Waals surface area contributed by atoms with Gasteiger partial charge in [-0.1, -0.05) is 5.21 Å². The average molecular weight is 272 g/mol. The molecule has 0 amide bonds. The third-order valence-electron chi connectivity index (χ3n) is 2.99. The number of anilines is 1. The van der Waals surface area contributed by atoms with Crippen molar-refractivity contribution in [3.63, 3.8) is 0 Å². The Labute approximate surface area is 115 Å². The number of benzene rings is 1. The highest BCUT2D eigenvalue weighted by molar-refractivity contribution is 5.79. The van der Waals surface area contributed by atoms with Gasteiger partial charge in [0.15, 0.2) is 0 Å². The van der Waals surface area contributed by atoms with Crippen molar-refractivity contribution >= 4 is 16.7 Å². The van der Waals surface area contributed by atoms with E-state index in [-0.39, 0.29) is 6.61 Å². The van der Waals surface area contributed by atoms with Crippen molar-refractivity contribution in [1.29, 1.82) is 0 Å². The van der Waals surface area contributed by atoms with E-state index in [0.717, 1.165) is 28.2 Å². The minimum absolute atomic E-state index is 0.0616. The normalized spacial score (nSPS) is 11.1. The van der Waals surface area contributed by atoms with Crippen molar-refractivity contribution in [2.75, 3.05) is 11.9 Å². The summed E-state index contributed by atoms with van der Waals surface area (Å²) in [6.07, 6.45) is 1.82. The number of aryl methyl sites for hydroxylation is 1. The molecule has 3 aromatic rings. The number of aromatic nitrogens is 5. The maximum atomic E-state index is 8.83. The van der Waals surface area contributed by atoms with Gasteiger partial charge in [0.2, 0.25) is 0 Å². The number of hydrogen-bond donors (Lipinski definition) is 3. The van der Waals surface area contributed by atoms with E-state index >= 15 is 0 Å². The fourth-order valence-electron chi connectivity index (χ4n) is 2.07. The molecule has 2 aromatic heterocycles. The fraction of sp³-hybridized carbons (Fsp3) is 0.308. The number of nitrogens with one attached hydrogen (secondary N) is 2. The second kappa shape index (κ2) is 5.30. The molecule has 7 nitrogen and oxygen atoms in total. The average Bonchev–Trinajstić information content (AvgIpc) is 3.01. The lowest BCUT2D eigenvalue weighted by Crippen LogP contribution is -2.02. The molecule has 3 N–H and O–H groups in total. The van der Waals surface area contributed by atoms with Gasteiger partial charge in [-0.05, 0) is 25.1 Å². The van der Waals surface area contributed by atoms with E-state index in [1.165, 1.54) is 0 Å². The van der Waals surface area contributed by atoms with Crippen LogP contribution in [0, 0.1) is 6.92 Å². The Kier molecular flexibility index (Phi) is 3.34. The van der Waals surface area contributed by atoms with Crippen LogP contribution in [0.1, 0.15) is 11.5 Å². The van der Waals surface area contributed by atoms with E-state index in [2.05, 4.69) is 25.6 Å². The molecule has 0 unspecified atom stereocenters. The van der Waals surface area contributed by atoms with Gasteiger partial charge in [-0.3, -0.25) is 0 Å². The van der Waals surface area contributed by atoms with Crippen molar-refractivity contribution in [1.82, 2.24) is 25.0 Å². The van der Waals surface area contributed by atoms with Crippen molar-refractivity contribution in [2.24, 2.45) is 0 Å². The number of aliphatic hydroxyl groups excluding tert-OH is 1. The topological polar surface area (TPSA) is 91.7 Å². The van der Waals surface area contributed by atoms with Crippen LogP contribution in [0.15, 0.2) is 24.4 Å². The van der Waals surface area contributed by atoms with Crippen LogP contribution in [0.25, 0.3) is 11.0 Å². The summed E-state index contributed by atoms with van der Waals surface area (Å²) < 4.78 is 1.62. The Hall–Kier alpha value is -2.41. The van der Waals surface area contributed by atoms with E-state index in [0.29, 0.717) is 13.1 Å². The van der Waals surface area contributed by atoms with Gasteiger partial charge >= 0.3 is 0 Å². The summed E-state index contributed by atoms with van der Waals surface area (Å²) in [5.41, 5.74) is 3.80. The molecule has 2 heterocycles. The third kappa shape index (κ3) is 2.62. The number of rotatable bonds is 5. The molecular formula is C13H16N6O. The standard InChI is InChI=1S/C13H16N6O/c1-9-15-12-3-2-10(6-13(12)16-9)14-7-11-8-19(4-5-20)18-17-11/h2-3,6,8,14,20H,4-5,7H2,1H3,(H,15,16). The van der Waals surface area contributed by atoms with Gasteiger partial charge in [-0.15, -0.1) is 5.10 Å². The molecule has 0 aliphatic heterocycles. The van der Waals surface area contributed by atoms with Gasteiger partial charge in [-0.25, -0.2) is 9.67 Å². The minimum atomic E-state index is 0.0616. The number of hydrogen-bond acceptors (Lipinski definition) is 5. The van der Waals surface area contributed by atoms with Crippen LogP contribution < -0.4 is 5.32 Å². The fourth-order valence-corrected chi connectivity index (χ4v) is 2.07. The van der Waals surface area contributed by atoms with Crippen LogP contribution in [0.4, 0.5) is 5.69 Å². The van der Waals surface area contributed by atoms with Crippen LogP contribution in [-0.2, 0) is 13.1 Å². The van der Waals surface area contributed by atoms with Crippen LogP contribution in [0.2, 0.25) is 0 Å². The first-order valence-electron chi connectivity index (χ1n) is 6.45. The molecule has 0 atom stereocenters. The van der Waals surface area contributed by atoms with Gasteiger partial charge < -0.3 is 15.4 Å². The molecule has 104 valence electrons. The molecule has 0 aliphatic carbocycles. The van der Waals surface area contributed by atoms with Crippen molar-refractivity contribution in [3.8, 4) is 0 Å². The number of H-pyrrole nitrogens is 1. The zero-order valence-corrected chi connectivity index (χ0v) is 11.2. The first kappa shape index (κ1) is 12.6. The summed E-state index contributed by atoms with van der Waals surface area (Å²) in [6.45, 7) is 3.05. The largest absolute Gasteiger partial charge is 0.394 e. The summed E-state index contributed by atoms with van der Waals surface area (Å²) in [7, 11) is 0. The number of aliphatic hydroxyl groups is 1. The van der Waals surface area contributed by atoms with Gasteiger partial charge in [0.05, 0.1) is 36.9 Å². The van der Waals surface area contributed by atoms with E-state index in [4.69, 9.17) is 5.11 Å². The van der Waals surface area contributed by atoms with Gasteiger partial charge in [0, 0.05) is 5.69 Å². The maximum absolute atomic E-state index is 8.83. The summed E-state index contributed by atoms with van der Waals surface area (Å²) in [4.78, 5) is 7.57. The highest BCUT2D eigenvalue weighted by atomic mass is 16.3. The predicted octanol–water partition coefficient (Wildman–Crippen LogP) is 1.07. The predicted molar refractivity (Wildman–Crippen MR) is 75.3 cm³/mol. The molecule has 0 spiro atoms. The Morgan fingerprint density at radius 2 is 2.30 bits per heavy atom. The second-order valence-corrected chi connectivity index (χ2v) is 4.60. The van der Waals surface area contributed by atoms with Crippen molar-refractivity contribution in [3.05, 3.63) is 35.9 Å². The molecule has 3 rings (SSSR count). The Morgan fingerprint density at radius 3 is 3.15 bits per heavy atom. The van der Waals surface area contributed by atoms with E-state index in [9.17, 15) is 0 Å². The SMILES string of the molecule is Cc1nc2ccc(NCc3cn(CCO)nn3)cc2[nH]1. The van der Waals surface area contributed by atoms with E-state index in [1.54, 1.807) is 4.68 Å². The van der Waals surface area contributed by atoms with Crippen LogP contribution in [0.3, 0.4) is 0 Å². The highest BCUT2D eigenvalue weighted by Gasteiger charge is 2.03. The zero-order valence-electron chi connectivity index (χ0n) is 11.2. The molecule has 0 radical (unpaired) electrons. The maximum Gasteiger partial charge on any atom is 0.104 e. The van der Waals surface area contributed by atoms with Crippen molar-refractivity contribution < 1.29 is 5.11 Å². The smallest absolute Gasteiger partial charge is 0.104 e. The summed E-state index contributed by atoms with van der Waals surface area (Å²) in [5, 5.41) is 20.1. The highest BCUT2D eigenvalue weighted by Crippen LogP contribution is 2.17. The molecule has 0 bridgehead atoms. The minimum Gasteiger partial charge on any atom is -0.394 e. The van der Waals surface area contributed by atoms with E-state index < -0.39 is 0 Å². The molecular weight excluding hydrogens is 256 g/mol. The third-order valence-corrected chi connectivity index (χ3v) is 2.99. The van der Waals surface area contributed by atoms with E-state index in [1.807, 2.05) is 31.3 Å². The number of nitrogens with zero attached hydrogens (tertiary/aromatic N) is 4. The van der Waals surface area contributed by atoms with Crippen LogP contribution in [0.5, 0.6) is 0 Å². The molecule has 20 heavy (non-hydrogen) atoms. The summed E-state index contributed by atoms with van der Waals surface area (Å²) >= 11 is 0. The Balaban J connectivity index is 1.69. The lowest BCUT2D eigenvalue weighted by atomic mass is 10.2. The molecule has 0 fully saturated rings. The van der Waals surface area contributed by atoms with Gasteiger partial charge in [0.25, 0.3) is 0 Å². The molecule has 0 saturated carbocycles. The second-order valence-electron chi connectivity index (χ2n) is 4.60. The monoisotopic (exact) mass is 272 g/mol. The quantitative estimate of drug-likeness (QED) is 0.646. The van der Waals surface area contributed by atoms with Crippen LogP contribution >= 0.6 is 0 Å². The number of aromatic amines is 1. The van der Waals surface area contributed by atoms with Crippen LogP contribution in [-0.4, -0.2) is 36.7 Å². The zero-order chi connectivity index (χ0) is 13.9. The first-order valence-corrected chi connectivity index (χ1v) is 6.45. The van der Waals surface area contributed by atoms with Crippen molar-refractivity contribution in [2.45, 2.75) is 20.0 Å². The van der Waals surface area contributed by atoms with Gasteiger partial charge in [-0.2, -0.15) is 0 Å². The van der Waals surface area contributed by atoms with Gasteiger partial charge in [0.1, 0.15) is 11.5 Å². The number of imidazole rings is 1. The molecule has 1 aromatic carbocycles. The molecule has 0 saturated heterocycles. The first-order chi connectivity index (χ1) is 9.74. The number of fused-ring (bicyclic) bond motifs is 1. The Morgan fingerprint density at radius 1 is 1.40 bits per heavy atom. The summed E-state index contributed by atoms with van der Waals surface area (Å²) in [5.74, 6) is 0.907. The molecule has 0 aliphatic rings. The summed E-state index contributed by atoms with van der Waals surface area (Å²) in [6, 6.07) is 5.98. The Bertz CT molecular complexity index is 717. The molecule has 7 heteroatoms. The lowest BCUT2D eigenvalue weighted by Gasteiger charge is -2.03.